The molecule has 196 valence electrons. The number of hydrogen-bond acceptors (Lipinski definition) is 6. The summed E-state index contributed by atoms with van der Waals surface area (Å²) >= 11 is 0. The van der Waals surface area contributed by atoms with Gasteiger partial charge in [-0.05, 0) is 80.8 Å². The number of hydrogen-bond donors (Lipinski definition) is 3. The van der Waals surface area contributed by atoms with E-state index in [-0.39, 0.29) is 36.6 Å². The van der Waals surface area contributed by atoms with E-state index in [0.717, 1.165) is 24.8 Å². The van der Waals surface area contributed by atoms with Gasteiger partial charge < -0.3 is 20.9 Å². The van der Waals surface area contributed by atoms with Crippen molar-refractivity contribution in [2.24, 2.45) is 5.92 Å². The average molecular weight is 509 g/mol. The Morgan fingerprint density at radius 3 is 2.62 bits per heavy atom. The number of ether oxygens (including phenoxy) is 1. The number of nitriles is 1. The first kappa shape index (κ1) is 26.4. The minimum Gasteiger partial charge on any atom is -0.444 e. The Labute approximate surface area is 216 Å². The van der Waals surface area contributed by atoms with Crippen molar-refractivity contribution in [3.05, 3.63) is 53.3 Å². The Bertz CT molecular complexity index is 1240. The fourth-order valence-corrected chi connectivity index (χ4v) is 5.47. The van der Waals surface area contributed by atoms with Crippen molar-refractivity contribution in [1.29, 1.82) is 5.26 Å². The van der Waals surface area contributed by atoms with Crippen LogP contribution in [-0.2, 0) is 22.6 Å². The Kier molecular flexibility index (Phi) is 7.42. The number of amides is 2. The van der Waals surface area contributed by atoms with Gasteiger partial charge in [0.05, 0.1) is 12.7 Å². The summed E-state index contributed by atoms with van der Waals surface area (Å²) in [5.41, 5.74) is 8.12. The maximum Gasteiger partial charge on any atom is 0.411 e. The van der Waals surface area contributed by atoms with Crippen LogP contribution in [0, 0.1) is 23.1 Å². The van der Waals surface area contributed by atoms with Crippen LogP contribution in [0.4, 0.5) is 14.9 Å². The van der Waals surface area contributed by atoms with E-state index in [9.17, 15) is 24.3 Å². The molecule has 0 radical (unpaired) electrons. The second-order valence-corrected chi connectivity index (χ2v) is 10.8. The van der Waals surface area contributed by atoms with Crippen LogP contribution in [0.25, 0.3) is 11.1 Å². The summed E-state index contributed by atoms with van der Waals surface area (Å²) in [6, 6.07) is 10.00. The fourth-order valence-electron chi connectivity index (χ4n) is 5.47. The van der Waals surface area contributed by atoms with Gasteiger partial charge in [-0.1, -0.05) is 18.2 Å². The third kappa shape index (κ3) is 5.70. The van der Waals surface area contributed by atoms with E-state index in [2.05, 4.69) is 11.4 Å². The third-order valence-corrected chi connectivity index (χ3v) is 7.01. The molecule has 2 aromatic rings. The van der Waals surface area contributed by atoms with Gasteiger partial charge in [0.15, 0.2) is 0 Å². The van der Waals surface area contributed by atoms with E-state index in [4.69, 9.17) is 10.5 Å². The third-order valence-electron chi connectivity index (χ3n) is 7.01. The van der Waals surface area contributed by atoms with Crippen LogP contribution in [0.1, 0.15) is 51.2 Å². The van der Waals surface area contributed by atoms with Crippen molar-refractivity contribution in [2.75, 3.05) is 5.73 Å². The number of anilines is 1. The lowest BCUT2D eigenvalue weighted by Crippen LogP contribution is -2.55. The van der Waals surface area contributed by atoms with Crippen LogP contribution in [0.15, 0.2) is 36.4 Å². The highest BCUT2D eigenvalue weighted by Gasteiger charge is 2.52. The predicted molar refractivity (Wildman–Crippen MR) is 136 cm³/mol. The van der Waals surface area contributed by atoms with Gasteiger partial charge in [-0.2, -0.15) is 5.26 Å². The number of aliphatic hydroxyl groups excluding tert-OH is 1. The summed E-state index contributed by atoms with van der Waals surface area (Å²) in [5, 5.41) is 22.6. The van der Waals surface area contributed by atoms with Gasteiger partial charge in [0.1, 0.15) is 23.5 Å². The number of aliphatic hydroxyl groups is 1. The van der Waals surface area contributed by atoms with E-state index in [1.54, 1.807) is 49.9 Å². The van der Waals surface area contributed by atoms with E-state index < -0.39 is 29.6 Å². The van der Waals surface area contributed by atoms with E-state index >= 15 is 0 Å². The number of nitrogen functional groups attached to an aromatic ring is 1. The van der Waals surface area contributed by atoms with Crippen molar-refractivity contribution in [3.63, 3.8) is 0 Å². The minimum atomic E-state index is -0.833. The molecule has 9 heteroatoms. The Morgan fingerprint density at radius 2 is 1.97 bits per heavy atom. The van der Waals surface area contributed by atoms with Crippen LogP contribution in [0.5, 0.6) is 0 Å². The van der Waals surface area contributed by atoms with Gasteiger partial charge in [0, 0.05) is 23.7 Å². The summed E-state index contributed by atoms with van der Waals surface area (Å²) < 4.78 is 19.0. The standard InChI is InChI=1S/C28H33FN4O4/c1-28(2,3)37-27(36)33-21-7-5-17(12-21)25(33)26(35)32-20(14-30)11-16-4-8-22(18(10-16)15-34)23-9-6-19(29)13-24(23)31/h4,6,8-10,13,17,20-21,25,34H,5,7,11-12,15,31H2,1-3H3,(H,32,35)/t17-,20?,21+,25-/m0/s1. The quantitative estimate of drug-likeness (QED) is 0.508. The molecular formula is C28H33FN4O4. The molecule has 1 heterocycles. The summed E-state index contributed by atoms with van der Waals surface area (Å²) in [6.45, 7) is 5.09. The van der Waals surface area contributed by atoms with Gasteiger partial charge >= 0.3 is 6.09 Å². The van der Waals surface area contributed by atoms with Gasteiger partial charge in [0.25, 0.3) is 0 Å². The predicted octanol–water partition coefficient (Wildman–Crippen LogP) is 3.91. The van der Waals surface area contributed by atoms with Crippen LogP contribution in [0.2, 0.25) is 0 Å². The maximum atomic E-state index is 13.5. The average Bonchev–Trinajstić information content (AvgIpc) is 3.45. The number of nitrogens with zero attached hydrogens (tertiary/aromatic N) is 2. The zero-order valence-corrected chi connectivity index (χ0v) is 21.3. The molecule has 2 bridgehead atoms. The van der Waals surface area contributed by atoms with Crippen molar-refractivity contribution < 1.29 is 23.8 Å². The number of rotatable bonds is 6. The number of carbonyl (C=O) groups excluding carboxylic acids is 2. The molecule has 8 nitrogen and oxygen atoms in total. The Morgan fingerprint density at radius 1 is 1.24 bits per heavy atom. The van der Waals surface area contributed by atoms with Crippen molar-refractivity contribution in [1.82, 2.24) is 10.2 Å². The molecule has 1 unspecified atom stereocenters. The zero-order valence-electron chi connectivity index (χ0n) is 21.3. The lowest BCUT2D eigenvalue weighted by atomic mass is 9.94. The normalized spacial score (nSPS) is 21.4. The van der Waals surface area contributed by atoms with Gasteiger partial charge in [0.2, 0.25) is 5.91 Å². The monoisotopic (exact) mass is 508 g/mol. The van der Waals surface area contributed by atoms with Crippen LogP contribution >= 0.6 is 0 Å². The molecule has 1 aliphatic heterocycles. The number of nitrogens with one attached hydrogen (secondary N) is 1. The van der Waals surface area contributed by atoms with Crippen molar-refractivity contribution in [2.45, 2.75) is 76.8 Å². The Hall–Kier alpha value is -3.64. The molecule has 1 saturated carbocycles. The molecule has 0 aromatic heterocycles. The highest BCUT2D eigenvalue weighted by Crippen LogP contribution is 2.43. The molecule has 2 aromatic carbocycles. The summed E-state index contributed by atoms with van der Waals surface area (Å²) in [4.78, 5) is 27.7. The molecule has 2 amide bonds. The number of halogens is 1. The smallest absolute Gasteiger partial charge is 0.411 e. The number of likely N-dealkylation sites (tertiary alicyclic amines) is 1. The number of nitrogens with two attached hydrogens (primary N) is 1. The molecule has 1 saturated heterocycles. The molecule has 1 aliphatic carbocycles. The topological polar surface area (TPSA) is 129 Å². The highest BCUT2D eigenvalue weighted by molar-refractivity contribution is 5.87. The lowest BCUT2D eigenvalue weighted by Gasteiger charge is -2.35. The first-order valence-corrected chi connectivity index (χ1v) is 12.5. The molecule has 0 spiro atoms. The second-order valence-electron chi connectivity index (χ2n) is 10.8. The zero-order chi connectivity index (χ0) is 26.9. The Balaban J connectivity index is 1.49. The number of carbonyl (C=O) groups is 2. The summed E-state index contributed by atoms with van der Waals surface area (Å²) in [5.74, 6) is -0.766. The molecule has 4 rings (SSSR count). The fraction of sp³-hybridized carbons (Fsp3) is 0.464. The number of benzene rings is 2. The summed E-state index contributed by atoms with van der Waals surface area (Å²) in [6.07, 6.45) is 2.15. The second kappa shape index (κ2) is 10.4. The van der Waals surface area contributed by atoms with Gasteiger partial charge in [-0.3, -0.25) is 9.69 Å². The SMILES string of the molecule is CC(C)(C)OC(=O)N1[C@@H]2CC[C@@H](C2)[C@H]1C(=O)NC(C#N)Cc1ccc(-c2ccc(F)cc2N)c(CO)c1. The van der Waals surface area contributed by atoms with Gasteiger partial charge in [-0.15, -0.1) is 0 Å². The first-order chi connectivity index (χ1) is 17.5. The molecule has 37 heavy (non-hydrogen) atoms. The molecule has 2 fully saturated rings. The van der Waals surface area contributed by atoms with E-state index in [0.29, 0.717) is 16.7 Å². The summed E-state index contributed by atoms with van der Waals surface area (Å²) in [7, 11) is 0. The van der Waals surface area contributed by atoms with Crippen LogP contribution in [0.3, 0.4) is 0 Å². The van der Waals surface area contributed by atoms with E-state index in [1.807, 2.05) is 0 Å². The van der Waals surface area contributed by atoms with Crippen LogP contribution in [-0.4, -0.2) is 45.7 Å². The van der Waals surface area contributed by atoms with Crippen molar-refractivity contribution in [3.8, 4) is 17.2 Å². The molecule has 4 atom stereocenters. The number of fused-ring (bicyclic) bond motifs is 2. The molecule has 4 N–H and O–H groups in total. The lowest BCUT2D eigenvalue weighted by molar-refractivity contribution is -0.128. The van der Waals surface area contributed by atoms with Gasteiger partial charge in [-0.25, -0.2) is 9.18 Å². The number of piperidine rings is 1. The highest BCUT2D eigenvalue weighted by atomic mass is 19.1. The van der Waals surface area contributed by atoms with Crippen LogP contribution < -0.4 is 11.1 Å². The largest absolute Gasteiger partial charge is 0.444 e. The maximum absolute atomic E-state index is 13.5. The van der Waals surface area contributed by atoms with E-state index in [1.165, 1.54) is 12.1 Å². The molecule has 2 aliphatic rings. The first-order valence-electron chi connectivity index (χ1n) is 12.5. The van der Waals surface area contributed by atoms with Crippen molar-refractivity contribution >= 4 is 17.7 Å². The molecular weight excluding hydrogens is 475 g/mol. The minimum absolute atomic E-state index is 0.0327.